The number of benzene rings is 2. The molecule has 1 N–H and O–H groups in total. The molecule has 2 aromatic carbocycles. The van der Waals surface area contributed by atoms with Crippen LogP contribution in [-0.2, 0) is 0 Å². The highest BCUT2D eigenvalue weighted by Gasteiger charge is 2.18. The van der Waals surface area contributed by atoms with Gasteiger partial charge < -0.3 is 5.32 Å². The van der Waals surface area contributed by atoms with Crippen LogP contribution in [0.4, 0.5) is 19.0 Å². The van der Waals surface area contributed by atoms with E-state index in [1.807, 2.05) is 0 Å². The molecule has 0 radical (unpaired) electrons. The van der Waals surface area contributed by atoms with Gasteiger partial charge in [0.05, 0.1) is 6.20 Å². The maximum absolute atomic E-state index is 15.2. The molecule has 2 aromatic heterocycles. The number of anilines is 1. The van der Waals surface area contributed by atoms with Crippen LogP contribution in [0.15, 0.2) is 48.9 Å². The van der Waals surface area contributed by atoms with E-state index in [-0.39, 0.29) is 22.5 Å². The van der Waals surface area contributed by atoms with Crippen molar-refractivity contribution in [3.05, 3.63) is 66.4 Å². The molecule has 8 heteroatoms. The van der Waals surface area contributed by atoms with Gasteiger partial charge in [0.2, 0.25) is 0 Å². The molecule has 0 fully saturated rings. The van der Waals surface area contributed by atoms with E-state index < -0.39 is 17.5 Å². The molecule has 0 unspecified atom stereocenters. The van der Waals surface area contributed by atoms with Crippen molar-refractivity contribution in [2.24, 2.45) is 0 Å². The predicted octanol–water partition coefficient (Wildman–Crippen LogP) is 4.21. The summed E-state index contributed by atoms with van der Waals surface area (Å²) in [6.07, 6.45) is 4.43. The van der Waals surface area contributed by atoms with Crippen LogP contribution in [0.1, 0.15) is 0 Å². The van der Waals surface area contributed by atoms with Gasteiger partial charge in [-0.1, -0.05) is 6.07 Å². The minimum atomic E-state index is -0.856. The van der Waals surface area contributed by atoms with Gasteiger partial charge in [0.1, 0.15) is 28.7 Å². The molecule has 0 saturated heterocycles. The first kappa shape index (κ1) is 16.9. The van der Waals surface area contributed by atoms with E-state index in [2.05, 4.69) is 25.3 Å². The second-order valence-corrected chi connectivity index (χ2v) is 5.68. The number of hydrogen-bond donors (Lipinski definition) is 1. The minimum absolute atomic E-state index is 0.00349. The minimum Gasteiger partial charge on any atom is -0.373 e. The Morgan fingerprint density at radius 2 is 1.74 bits per heavy atom. The maximum atomic E-state index is 15.2. The van der Waals surface area contributed by atoms with Gasteiger partial charge in [-0.25, -0.2) is 28.1 Å². The summed E-state index contributed by atoms with van der Waals surface area (Å²) < 4.78 is 42.5. The number of halogens is 3. The number of fused-ring (bicyclic) bond motifs is 1. The van der Waals surface area contributed by atoms with Gasteiger partial charge in [-0.2, -0.15) is 0 Å². The molecule has 0 saturated carbocycles. The van der Waals surface area contributed by atoms with Crippen molar-refractivity contribution in [2.45, 2.75) is 0 Å². The summed E-state index contributed by atoms with van der Waals surface area (Å²) in [5.41, 5.74) is 0.289. The smallest absolute Gasteiger partial charge is 0.182 e. The van der Waals surface area contributed by atoms with Gasteiger partial charge in [0.25, 0.3) is 0 Å². The normalized spacial score (nSPS) is 11.0. The zero-order valence-corrected chi connectivity index (χ0v) is 14.0. The fourth-order valence-electron chi connectivity index (χ4n) is 2.80. The van der Waals surface area contributed by atoms with Gasteiger partial charge in [0.15, 0.2) is 11.6 Å². The molecule has 0 aliphatic rings. The largest absolute Gasteiger partial charge is 0.373 e. The van der Waals surface area contributed by atoms with E-state index in [1.165, 1.54) is 30.7 Å². The quantitative estimate of drug-likeness (QED) is 0.588. The first-order chi connectivity index (χ1) is 13.1. The average molecular weight is 367 g/mol. The van der Waals surface area contributed by atoms with Crippen LogP contribution in [0, 0.1) is 17.5 Å². The first-order valence-electron chi connectivity index (χ1n) is 7.98. The SMILES string of the molecule is CNc1nc(-c2cnccn2)nc2c(F)c(-c3ccc(F)cc3F)ccc12. The van der Waals surface area contributed by atoms with Crippen molar-refractivity contribution in [1.29, 1.82) is 0 Å². The third-order valence-electron chi connectivity index (χ3n) is 4.06. The van der Waals surface area contributed by atoms with Crippen LogP contribution in [0.5, 0.6) is 0 Å². The lowest BCUT2D eigenvalue weighted by Crippen LogP contribution is -2.02. The Hall–Kier alpha value is -3.55. The van der Waals surface area contributed by atoms with Crippen LogP contribution in [0.25, 0.3) is 33.5 Å². The summed E-state index contributed by atoms with van der Waals surface area (Å²) in [6, 6.07) is 5.98. The summed E-state index contributed by atoms with van der Waals surface area (Å²) in [7, 11) is 1.65. The van der Waals surface area contributed by atoms with Crippen molar-refractivity contribution in [3.63, 3.8) is 0 Å². The van der Waals surface area contributed by atoms with Crippen LogP contribution >= 0.6 is 0 Å². The van der Waals surface area contributed by atoms with E-state index in [0.29, 0.717) is 23.0 Å². The molecule has 4 aromatic rings. The standard InChI is InChI=1S/C19H12F3N5/c1-23-18-13-5-4-12(11-3-2-10(20)8-14(11)21)16(22)17(13)26-19(27-18)15-9-24-6-7-25-15/h2-9H,1H3,(H,23,26,27). The zero-order chi connectivity index (χ0) is 19.0. The van der Waals surface area contributed by atoms with Crippen molar-refractivity contribution in [3.8, 4) is 22.6 Å². The Bertz CT molecular complexity index is 1150. The van der Waals surface area contributed by atoms with Gasteiger partial charge >= 0.3 is 0 Å². The van der Waals surface area contributed by atoms with E-state index in [0.717, 1.165) is 6.07 Å². The highest BCUT2D eigenvalue weighted by molar-refractivity contribution is 5.94. The number of nitrogens with zero attached hydrogens (tertiary/aromatic N) is 4. The molecule has 0 amide bonds. The summed E-state index contributed by atoms with van der Waals surface area (Å²) in [4.78, 5) is 16.7. The van der Waals surface area contributed by atoms with Crippen LogP contribution in [0.2, 0.25) is 0 Å². The summed E-state index contributed by atoms with van der Waals surface area (Å²) >= 11 is 0. The van der Waals surface area contributed by atoms with Crippen molar-refractivity contribution >= 4 is 16.7 Å². The molecule has 0 atom stereocenters. The van der Waals surface area contributed by atoms with E-state index >= 15 is 4.39 Å². The molecule has 0 aliphatic carbocycles. The van der Waals surface area contributed by atoms with Crippen LogP contribution < -0.4 is 5.32 Å². The summed E-state index contributed by atoms with van der Waals surface area (Å²) in [5, 5.41) is 3.32. The third-order valence-corrected chi connectivity index (χ3v) is 4.06. The molecular weight excluding hydrogens is 355 g/mol. The van der Waals surface area contributed by atoms with Crippen molar-refractivity contribution < 1.29 is 13.2 Å². The number of nitrogens with one attached hydrogen (secondary N) is 1. The second kappa shape index (κ2) is 6.64. The Balaban J connectivity index is 1.98. The van der Waals surface area contributed by atoms with E-state index in [1.54, 1.807) is 13.1 Å². The van der Waals surface area contributed by atoms with E-state index in [4.69, 9.17) is 0 Å². The molecule has 134 valence electrons. The molecule has 0 bridgehead atoms. The molecule has 5 nitrogen and oxygen atoms in total. The fourth-order valence-corrected chi connectivity index (χ4v) is 2.80. The average Bonchev–Trinajstić information content (AvgIpc) is 2.69. The Labute approximate surface area is 152 Å². The summed E-state index contributed by atoms with van der Waals surface area (Å²) in [5.74, 6) is -1.75. The Kier molecular flexibility index (Phi) is 4.15. The van der Waals surface area contributed by atoms with Crippen molar-refractivity contribution in [1.82, 2.24) is 19.9 Å². The van der Waals surface area contributed by atoms with Crippen LogP contribution in [0.3, 0.4) is 0 Å². The Morgan fingerprint density at radius 1 is 0.926 bits per heavy atom. The zero-order valence-electron chi connectivity index (χ0n) is 14.0. The van der Waals surface area contributed by atoms with E-state index in [9.17, 15) is 8.78 Å². The number of hydrogen-bond acceptors (Lipinski definition) is 5. The lowest BCUT2D eigenvalue weighted by Gasteiger charge is -2.11. The lowest BCUT2D eigenvalue weighted by molar-refractivity contribution is 0.583. The lowest BCUT2D eigenvalue weighted by atomic mass is 10.0. The third kappa shape index (κ3) is 2.95. The maximum Gasteiger partial charge on any atom is 0.182 e. The number of rotatable bonds is 3. The van der Waals surface area contributed by atoms with Gasteiger partial charge in [-0.15, -0.1) is 0 Å². The van der Waals surface area contributed by atoms with Crippen LogP contribution in [-0.4, -0.2) is 27.0 Å². The molecule has 2 heterocycles. The van der Waals surface area contributed by atoms with Gasteiger partial charge in [-0.3, -0.25) is 4.98 Å². The highest BCUT2D eigenvalue weighted by Crippen LogP contribution is 2.33. The molecule has 27 heavy (non-hydrogen) atoms. The first-order valence-corrected chi connectivity index (χ1v) is 7.98. The van der Waals surface area contributed by atoms with Crippen molar-refractivity contribution in [2.75, 3.05) is 12.4 Å². The fraction of sp³-hybridized carbons (Fsp3) is 0.0526. The monoisotopic (exact) mass is 367 g/mol. The second-order valence-electron chi connectivity index (χ2n) is 5.68. The molecule has 0 spiro atoms. The van der Waals surface area contributed by atoms with Gasteiger partial charge in [0, 0.05) is 42.0 Å². The van der Waals surface area contributed by atoms with Gasteiger partial charge in [-0.05, 0) is 18.2 Å². The predicted molar refractivity (Wildman–Crippen MR) is 95.4 cm³/mol. The molecule has 0 aliphatic heterocycles. The topological polar surface area (TPSA) is 63.6 Å². The summed E-state index contributed by atoms with van der Waals surface area (Å²) in [6.45, 7) is 0. The molecular formula is C19H12F3N5. The Morgan fingerprint density at radius 3 is 2.44 bits per heavy atom. The number of aromatic nitrogens is 4. The highest BCUT2D eigenvalue weighted by atomic mass is 19.1. The molecule has 4 rings (SSSR count).